The average Bonchev–Trinajstić information content (AvgIpc) is 2.99. The van der Waals surface area contributed by atoms with Gasteiger partial charge in [-0.25, -0.2) is 0 Å². The molecular weight excluding hydrogens is 330 g/mol. The number of carbonyl (C=O) groups is 2. The average molecular weight is 349 g/mol. The van der Waals surface area contributed by atoms with Crippen LogP contribution >= 0.6 is 11.8 Å². The van der Waals surface area contributed by atoms with Crippen molar-refractivity contribution in [2.24, 2.45) is 10.2 Å². The van der Waals surface area contributed by atoms with Gasteiger partial charge < -0.3 is 14.8 Å². The summed E-state index contributed by atoms with van der Waals surface area (Å²) in [5, 5.41) is 11.0. The molecule has 8 heteroatoms. The second kappa shape index (κ2) is 9.71. The van der Waals surface area contributed by atoms with E-state index in [2.05, 4.69) is 15.5 Å². The minimum absolute atomic E-state index is 0.0570. The van der Waals surface area contributed by atoms with Crippen molar-refractivity contribution in [3.05, 3.63) is 29.8 Å². The molecule has 0 unspecified atom stereocenters. The third kappa shape index (κ3) is 6.41. The summed E-state index contributed by atoms with van der Waals surface area (Å²) in [6, 6.07) is 7.35. The number of hydrogen-bond acceptors (Lipinski definition) is 7. The van der Waals surface area contributed by atoms with Crippen LogP contribution in [0, 0.1) is 0 Å². The van der Waals surface area contributed by atoms with E-state index in [0.717, 1.165) is 11.3 Å². The standard InChI is InChI=1S/C16H19N3O4S/c1-2-22-15(21)4-3-9-23-13-7-5-12(6-8-13)10-17-19-16-18-14(20)11-24-16/h5-8,10H,2-4,9,11H2,1H3,(H,18,19,20). The molecule has 0 aliphatic carbocycles. The van der Waals surface area contributed by atoms with Gasteiger partial charge >= 0.3 is 5.97 Å². The van der Waals surface area contributed by atoms with Crippen LogP contribution in [0.1, 0.15) is 25.3 Å². The van der Waals surface area contributed by atoms with Crippen molar-refractivity contribution < 1.29 is 19.1 Å². The first-order chi connectivity index (χ1) is 11.7. The van der Waals surface area contributed by atoms with E-state index in [1.165, 1.54) is 11.8 Å². The number of nitrogens with zero attached hydrogens (tertiary/aromatic N) is 2. The van der Waals surface area contributed by atoms with E-state index in [-0.39, 0.29) is 11.9 Å². The molecule has 2 rings (SSSR count). The van der Waals surface area contributed by atoms with Gasteiger partial charge in [-0.2, -0.15) is 5.10 Å². The van der Waals surface area contributed by atoms with Gasteiger partial charge in [0.2, 0.25) is 5.91 Å². The number of esters is 1. The Kier molecular flexibility index (Phi) is 7.28. The lowest BCUT2D eigenvalue weighted by molar-refractivity contribution is -0.143. The van der Waals surface area contributed by atoms with Gasteiger partial charge in [-0.15, -0.1) is 5.10 Å². The first-order valence-electron chi connectivity index (χ1n) is 7.59. The van der Waals surface area contributed by atoms with Gasteiger partial charge in [-0.1, -0.05) is 11.8 Å². The van der Waals surface area contributed by atoms with Gasteiger partial charge in [-0.3, -0.25) is 9.59 Å². The molecule has 1 saturated heterocycles. The Morgan fingerprint density at radius 3 is 2.83 bits per heavy atom. The van der Waals surface area contributed by atoms with Crippen molar-refractivity contribution in [1.29, 1.82) is 0 Å². The number of ether oxygens (including phenoxy) is 2. The summed E-state index contributed by atoms with van der Waals surface area (Å²) in [7, 11) is 0. The Labute approximate surface area is 144 Å². The lowest BCUT2D eigenvalue weighted by Crippen LogP contribution is -2.19. The summed E-state index contributed by atoms with van der Waals surface area (Å²) in [6.07, 6.45) is 2.57. The van der Waals surface area contributed by atoms with Crippen LogP contribution in [0.2, 0.25) is 0 Å². The van der Waals surface area contributed by atoms with E-state index in [4.69, 9.17) is 9.47 Å². The molecule has 0 bridgehead atoms. The first-order valence-corrected chi connectivity index (χ1v) is 8.58. The molecule has 0 spiro atoms. The van der Waals surface area contributed by atoms with Crippen LogP contribution in [0.15, 0.2) is 34.5 Å². The predicted octanol–water partition coefficient (Wildman–Crippen LogP) is 1.96. The summed E-state index contributed by atoms with van der Waals surface area (Å²) in [4.78, 5) is 22.2. The van der Waals surface area contributed by atoms with Gasteiger partial charge in [0.05, 0.1) is 25.2 Å². The minimum Gasteiger partial charge on any atom is -0.494 e. The Bertz CT molecular complexity index is 629. The quantitative estimate of drug-likeness (QED) is 0.335. The van der Waals surface area contributed by atoms with E-state index < -0.39 is 0 Å². The van der Waals surface area contributed by atoms with Crippen molar-refractivity contribution in [3.63, 3.8) is 0 Å². The highest BCUT2D eigenvalue weighted by Crippen LogP contribution is 2.12. The van der Waals surface area contributed by atoms with Crippen molar-refractivity contribution in [1.82, 2.24) is 5.32 Å². The Morgan fingerprint density at radius 2 is 2.17 bits per heavy atom. The van der Waals surface area contributed by atoms with E-state index in [9.17, 15) is 9.59 Å². The monoisotopic (exact) mass is 349 g/mol. The molecular formula is C16H19N3O4S. The van der Waals surface area contributed by atoms with E-state index >= 15 is 0 Å². The molecule has 1 aromatic rings. The number of nitrogens with one attached hydrogen (secondary N) is 1. The third-order valence-electron chi connectivity index (χ3n) is 2.92. The maximum atomic E-state index is 11.2. The zero-order chi connectivity index (χ0) is 17.2. The molecule has 1 aliphatic rings. The Balaban J connectivity index is 1.72. The number of benzene rings is 1. The Morgan fingerprint density at radius 1 is 1.38 bits per heavy atom. The van der Waals surface area contributed by atoms with Crippen molar-refractivity contribution in [2.45, 2.75) is 19.8 Å². The molecule has 0 radical (unpaired) electrons. The fourth-order valence-corrected chi connectivity index (χ4v) is 2.45. The second-order valence-corrected chi connectivity index (χ2v) is 5.78. The van der Waals surface area contributed by atoms with Gasteiger partial charge in [0.25, 0.3) is 0 Å². The normalized spacial score (nSPS) is 15.7. The molecule has 0 aromatic heterocycles. The van der Waals surface area contributed by atoms with Crippen molar-refractivity contribution >= 4 is 35.0 Å². The number of rotatable bonds is 8. The van der Waals surface area contributed by atoms with Gasteiger partial charge in [0.15, 0.2) is 5.17 Å². The highest BCUT2D eigenvalue weighted by atomic mass is 32.2. The molecule has 1 N–H and O–H groups in total. The summed E-state index contributed by atoms with van der Waals surface area (Å²) in [5.74, 6) is 0.849. The van der Waals surface area contributed by atoms with Gasteiger partial charge in [0, 0.05) is 6.42 Å². The zero-order valence-corrected chi connectivity index (χ0v) is 14.2. The fraction of sp³-hybridized carbons (Fsp3) is 0.375. The topological polar surface area (TPSA) is 89.3 Å². The van der Waals surface area contributed by atoms with E-state index in [1.807, 2.05) is 24.3 Å². The molecule has 1 heterocycles. The lowest BCUT2D eigenvalue weighted by atomic mass is 10.2. The van der Waals surface area contributed by atoms with Crippen LogP contribution in [-0.4, -0.2) is 42.2 Å². The van der Waals surface area contributed by atoms with E-state index in [0.29, 0.717) is 37.0 Å². The summed E-state index contributed by atoms with van der Waals surface area (Å²) in [5.41, 5.74) is 0.868. The maximum absolute atomic E-state index is 11.2. The summed E-state index contributed by atoms with van der Waals surface area (Å²) >= 11 is 1.33. The summed E-state index contributed by atoms with van der Waals surface area (Å²) < 4.78 is 10.4. The van der Waals surface area contributed by atoms with Crippen molar-refractivity contribution in [3.8, 4) is 5.75 Å². The predicted molar refractivity (Wildman–Crippen MR) is 93.4 cm³/mol. The number of amides is 1. The molecule has 1 fully saturated rings. The van der Waals surface area contributed by atoms with Crippen LogP contribution in [0.3, 0.4) is 0 Å². The second-order valence-electron chi connectivity index (χ2n) is 4.81. The van der Waals surface area contributed by atoms with Crippen LogP contribution in [0.4, 0.5) is 0 Å². The minimum atomic E-state index is -0.203. The lowest BCUT2D eigenvalue weighted by Gasteiger charge is -2.06. The van der Waals surface area contributed by atoms with E-state index in [1.54, 1.807) is 13.1 Å². The van der Waals surface area contributed by atoms with Gasteiger partial charge in [-0.05, 0) is 43.2 Å². The molecule has 128 valence electrons. The largest absolute Gasteiger partial charge is 0.494 e. The number of carbonyl (C=O) groups excluding carboxylic acids is 2. The van der Waals surface area contributed by atoms with Crippen LogP contribution in [-0.2, 0) is 14.3 Å². The fourth-order valence-electron chi connectivity index (χ4n) is 1.82. The van der Waals surface area contributed by atoms with Crippen LogP contribution < -0.4 is 10.1 Å². The number of thioether (sulfide) groups is 1. The molecule has 7 nitrogen and oxygen atoms in total. The highest BCUT2D eigenvalue weighted by Gasteiger charge is 2.15. The molecule has 1 aliphatic heterocycles. The number of amidine groups is 1. The third-order valence-corrected chi connectivity index (χ3v) is 3.78. The zero-order valence-electron chi connectivity index (χ0n) is 13.4. The summed E-state index contributed by atoms with van der Waals surface area (Å²) in [6.45, 7) is 2.64. The van der Waals surface area contributed by atoms with Crippen LogP contribution in [0.5, 0.6) is 5.75 Å². The smallest absolute Gasteiger partial charge is 0.305 e. The number of hydrogen-bond donors (Lipinski definition) is 1. The van der Waals surface area contributed by atoms with Gasteiger partial charge in [0.1, 0.15) is 5.75 Å². The molecule has 0 saturated carbocycles. The molecule has 1 aromatic carbocycles. The first kappa shape index (κ1) is 18.0. The maximum Gasteiger partial charge on any atom is 0.305 e. The molecule has 1 amide bonds. The molecule has 24 heavy (non-hydrogen) atoms. The van der Waals surface area contributed by atoms with Crippen LogP contribution in [0.25, 0.3) is 0 Å². The SMILES string of the molecule is CCOC(=O)CCCOc1ccc(C=NN=C2NC(=O)CS2)cc1. The Hall–Kier alpha value is -2.35. The molecule has 0 atom stereocenters. The highest BCUT2D eigenvalue weighted by molar-refractivity contribution is 8.15. The van der Waals surface area contributed by atoms with Crippen molar-refractivity contribution in [2.75, 3.05) is 19.0 Å².